The van der Waals surface area contributed by atoms with E-state index in [2.05, 4.69) is 9.97 Å². The molecule has 2 aromatic heterocycles. The predicted octanol–water partition coefficient (Wildman–Crippen LogP) is 10.3. The lowest BCUT2D eigenvalue weighted by molar-refractivity contribution is 0.0878. The summed E-state index contributed by atoms with van der Waals surface area (Å²) in [6.45, 7) is 1.69. The van der Waals surface area contributed by atoms with Gasteiger partial charge in [-0.25, -0.2) is 18.7 Å². The second kappa shape index (κ2) is 34.5. The van der Waals surface area contributed by atoms with E-state index >= 15 is 0 Å². The zero-order valence-electron chi connectivity index (χ0n) is 46.0. The molecule has 0 aliphatic heterocycles. The van der Waals surface area contributed by atoms with Crippen molar-refractivity contribution in [2.24, 2.45) is 0 Å². The monoisotopic (exact) mass is 1200 g/mol. The average molecular weight is 1210 g/mol. The number of ketones is 3. The second-order valence-electron chi connectivity index (χ2n) is 17.8. The van der Waals surface area contributed by atoms with Crippen molar-refractivity contribution in [2.45, 2.75) is 51.6 Å². The standard InChI is InChI=1S/C28H32ClNO7.C26H25ClFNO6.C6H5BClFO2/c1-33-18-21-6-10-23(30-28(21)29)25(32)12-11-24(31)20-7-13-26(27(16-20)35-3)37-15-14-36-17-19-4-8-22(34-2)9-5-19;1-33-15-18-4-7-21(29-26(18)17-3-6-20(28)19(27)13-17)23(32)9-8-22(31)16-5-10-24(35-12-11-30)25(14-16)34-2;8-5-3-4(7(10)11)1-2-6(5)9/h4-10,13,16,25,32H,11-12,14-15,17-18H2,1-3H3;3-7,10,13-14,30H,8-9,11-12,15H2,1-2H3;1-3,10-11H. The van der Waals surface area contributed by atoms with Crippen molar-refractivity contribution >= 4 is 64.7 Å². The van der Waals surface area contributed by atoms with Crippen LogP contribution in [0, 0.1) is 11.6 Å². The molecule has 7 aromatic rings. The van der Waals surface area contributed by atoms with Crippen LogP contribution >= 0.6 is 34.8 Å². The smallest absolute Gasteiger partial charge is 0.488 e. The van der Waals surface area contributed by atoms with Crippen LogP contribution in [0.4, 0.5) is 8.78 Å². The van der Waals surface area contributed by atoms with E-state index in [1.165, 1.54) is 57.7 Å². The fourth-order valence-corrected chi connectivity index (χ4v) is 8.25. The quantitative estimate of drug-likeness (QED) is 0.0155. The number of rotatable bonds is 28. The highest BCUT2D eigenvalue weighted by atomic mass is 35.5. The van der Waals surface area contributed by atoms with Crippen LogP contribution in [0.25, 0.3) is 11.3 Å². The van der Waals surface area contributed by atoms with Gasteiger partial charge in [-0.05, 0) is 108 Å². The molecule has 0 aliphatic rings. The van der Waals surface area contributed by atoms with Gasteiger partial charge in [0.05, 0.1) is 81.9 Å². The molecule has 440 valence electrons. The molecule has 0 bridgehead atoms. The molecular weight excluding hydrogens is 1140 g/mol. The Hall–Kier alpha value is -7.08. The second-order valence-corrected chi connectivity index (χ2v) is 19.0. The normalized spacial score (nSPS) is 11.1. The van der Waals surface area contributed by atoms with Gasteiger partial charge in [-0.2, -0.15) is 0 Å². The van der Waals surface area contributed by atoms with Gasteiger partial charge in [-0.15, -0.1) is 0 Å². The Morgan fingerprint density at radius 1 is 0.578 bits per heavy atom. The summed E-state index contributed by atoms with van der Waals surface area (Å²) in [4.78, 5) is 47.0. The zero-order chi connectivity index (χ0) is 60.4. The van der Waals surface area contributed by atoms with E-state index < -0.39 is 24.9 Å². The number of benzene rings is 5. The van der Waals surface area contributed by atoms with Crippen molar-refractivity contribution in [3.05, 3.63) is 187 Å². The predicted molar refractivity (Wildman–Crippen MR) is 310 cm³/mol. The van der Waals surface area contributed by atoms with Gasteiger partial charge < -0.3 is 58.2 Å². The van der Waals surface area contributed by atoms with E-state index in [-0.39, 0.29) is 89.2 Å². The lowest BCUT2D eigenvalue weighted by Crippen LogP contribution is -2.29. The molecule has 5 aromatic carbocycles. The number of carbonyl (C=O) groups excluding carboxylic acids is 3. The number of nitrogens with zero attached hydrogens (tertiary/aromatic N) is 2. The molecule has 0 aliphatic carbocycles. The molecule has 0 spiro atoms. The van der Waals surface area contributed by atoms with Gasteiger partial charge in [-0.3, -0.25) is 14.4 Å². The summed E-state index contributed by atoms with van der Waals surface area (Å²) in [5.41, 5.74) is 5.08. The third kappa shape index (κ3) is 20.6. The van der Waals surface area contributed by atoms with Crippen LogP contribution < -0.4 is 29.1 Å². The molecule has 23 heteroatoms. The van der Waals surface area contributed by atoms with E-state index in [4.69, 9.17) is 87.9 Å². The van der Waals surface area contributed by atoms with Crippen molar-refractivity contribution in [1.29, 1.82) is 0 Å². The number of ether oxygens (including phenoxy) is 8. The van der Waals surface area contributed by atoms with Gasteiger partial charge in [0.2, 0.25) is 0 Å². The third-order valence-electron chi connectivity index (χ3n) is 12.0. The number of methoxy groups -OCH3 is 5. The number of aromatic nitrogens is 2. The molecule has 2 heterocycles. The summed E-state index contributed by atoms with van der Waals surface area (Å²) >= 11 is 17.4. The molecule has 83 heavy (non-hydrogen) atoms. The number of hydrogen-bond donors (Lipinski definition) is 4. The number of aliphatic hydroxyl groups is 2. The summed E-state index contributed by atoms with van der Waals surface area (Å²) in [5, 5.41) is 36.7. The van der Waals surface area contributed by atoms with E-state index in [1.807, 2.05) is 24.3 Å². The lowest BCUT2D eigenvalue weighted by atomic mass is 9.80. The minimum absolute atomic E-state index is 0.0297. The largest absolute Gasteiger partial charge is 0.497 e. The topological polar surface area (TPSA) is 232 Å². The van der Waals surface area contributed by atoms with Crippen molar-refractivity contribution in [2.75, 3.05) is 62.0 Å². The molecular formula is C60H62BCl3F2N2O15. The van der Waals surface area contributed by atoms with Crippen LogP contribution in [0.5, 0.6) is 28.7 Å². The Bertz CT molecular complexity index is 3250. The fraction of sp³-hybridized carbons (Fsp3) is 0.283. The lowest BCUT2D eigenvalue weighted by Gasteiger charge is -2.13. The molecule has 17 nitrogen and oxygen atoms in total. The molecule has 7 rings (SSSR count). The van der Waals surface area contributed by atoms with Crippen LogP contribution in [0.15, 0.2) is 121 Å². The van der Waals surface area contributed by atoms with Gasteiger partial charge in [0.15, 0.2) is 40.3 Å². The number of pyridine rings is 2. The number of aliphatic hydroxyl groups excluding tert-OH is 2. The highest BCUT2D eigenvalue weighted by Crippen LogP contribution is 2.32. The van der Waals surface area contributed by atoms with E-state index in [1.54, 1.807) is 68.8 Å². The summed E-state index contributed by atoms with van der Waals surface area (Å²) in [6.07, 6.45) is -0.663. The van der Waals surface area contributed by atoms with E-state index in [9.17, 15) is 28.3 Å². The maximum absolute atomic E-state index is 13.6. The van der Waals surface area contributed by atoms with Crippen LogP contribution in [0.3, 0.4) is 0 Å². The molecule has 4 N–H and O–H groups in total. The first-order chi connectivity index (χ1) is 39.9. The maximum atomic E-state index is 13.6. The molecule has 0 saturated heterocycles. The van der Waals surface area contributed by atoms with Crippen LogP contribution in [-0.4, -0.2) is 117 Å². The van der Waals surface area contributed by atoms with Gasteiger partial charge in [0, 0.05) is 61.3 Å². The van der Waals surface area contributed by atoms with E-state index in [0.29, 0.717) is 83.1 Å². The van der Waals surface area contributed by atoms with E-state index in [0.717, 1.165) is 22.9 Å². The van der Waals surface area contributed by atoms with Crippen molar-refractivity contribution in [3.8, 4) is 40.0 Å². The highest BCUT2D eigenvalue weighted by molar-refractivity contribution is 6.59. The number of Topliss-reactive ketones (excluding diaryl/α,β-unsaturated/α-hetero) is 3. The van der Waals surface area contributed by atoms with Crippen molar-refractivity contribution < 1.29 is 81.3 Å². The SMILES string of the molecule is COCc1ccc(C(=O)CCC(=O)c2ccc(OCCO)c(OC)c2)nc1-c1ccc(F)c(Cl)c1.COCc1ccc(C(O)CCC(=O)c2ccc(OCCOCc3ccc(OC)cc3)c(OC)c2)nc1Cl.OB(O)c1ccc(F)c(Cl)c1. The van der Waals surface area contributed by atoms with Crippen LogP contribution in [-0.2, 0) is 34.0 Å². The minimum atomic E-state index is -1.60. The first-order valence-corrected chi connectivity index (χ1v) is 26.7. The molecule has 0 saturated carbocycles. The number of hydrogen-bond acceptors (Lipinski definition) is 17. The number of halogens is 5. The summed E-state index contributed by atoms with van der Waals surface area (Å²) < 4.78 is 69.0. The molecule has 0 radical (unpaired) electrons. The van der Waals surface area contributed by atoms with Crippen LogP contribution in [0.1, 0.15) is 85.4 Å². The summed E-state index contributed by atoms with van der Waals surface area (Å²) in [5.74, 6) is 0.706. The maximum Gasteiger partial charge on any atom is 0.488 e. The Kier molecular flexibility index (Phi) is 27.7. The molecule has 0 amide bonds. The van der Waals surface area contributed by atoms with Crippen molar-refractivity contribution in [1.82, 2.24) is 9.97 Å². The van der Waals surface area contributed by atoms with Crippen molar-refractivity contribution in [3.63, 3.8) is 0 Å². The third-order valence-corrected chi connectivity index (χ3v) is 13.0. The Morgan fingerprint density at radius 3 is 1.72 bits per heavy atom. The van der Waals surface area contributed by atoms with Gasteiger partial charge in [0.1, 0.15) is 41.4 Å². The summed E-state index contributed by atoms with van der Waals surface area (Å²) in [6, 6.07) is 31.8. The average Bonchev–Trinajstić information content (AvgIpc) is 3.66. The molecule has 1 unspecified atom stereocenters. The fourth-order valence-electron chi connectivity index (χ4n) is 7.67. The minimum Gasteiger partial charge on any atom is -0.497 e. The van der Waals surface area contributed by atoms with Crippen LogP contribution in [0.2, 0.25) is 15.2 Å². The van der Waals surface area contributed by atoms with Gasteiger partial charge >= 0.3 is 7.12 Å². The zero-order valence-corrected chi connectivity index (χ0v) is 48.3. The number of carbonyl (C=O) groups is 3. The Balaban J connectivity index is 0.000000257. The Morgan fingerprint density at radius 2 is 1.16 bits per heavy atom. The van der Waals surface area contributed by atoms with Gasteiger partial charge in [0.25, 0.3) is 0 Å². The first-order valence-electron chi connectivity index (χ1n) is 25.5. The first kappa shape index (κ1) is 66.7. The highest BCUT2D eigenvalue weighted by Gasteiger charge is 2.20. The Labute approximate surface area is 494 Å². The summed E-state index contributed by atoms with van der Waals surface area (Å²) in [7, 11) is 6.09. The van der Waals surface area contributed by atoms with Gasteiger partial charge in [-0.1, -0.05) is 65.1 Å². The molecule has 0 fully saturated rings. The molecule has 1 atom stereocenters.